The third-order valence-electron chi connectivity index (χ3n) is 3.76. The van der Waals surface area contributed by atoms with Crippen LogP contribution in [0.5, 0.6) is 0 Å². The molecule has 0 amide bonds. The summed E-state index contributed by atoms with van der Waals surface area (Å²) in [6.07, 6.45) is 0. The van der Waals surface area contributed by atoms with Gasteiger partial charge in [-0.1, -0.05) is 54.1 Å². The van der Waals surface area contributed by atoms with Crippen LogP contribution in [0, 0.1) is 0 Å². The molecule has 0 spiro atoms. The Balaban J connectivity index is 0.00000364. The quantitative estimate of drug-likeness (QED) is 0.321. The summed E-state index contributed by atoms with van der Waals surface area (Å²) >= 11 is 6.06. The molecule has 1 unspecified atom stereocenters. The largest absolute Gasteiger partial charge is 0.357 e. The second kappa shape index (κ2) is 13.1. The molecule has 0 saturated heterocycles. The second-order valence-electron chi connectivity index (χ2n) is 6.00. The van der Waals surface area contributed by atoms with E-state index in [0.717, 1.165) is 28.7 Å². The van der Waals surface area contributed by atoms with Crippen LogP contribution in [0.25, 0.3) is 0 Å². The number of guanidine groups is 1. The van der Waals surface area contributed by atoms with E-state index in [1.807, 2.05) is 68.6 Å². The summed E-state index contributed by atoms with van der Waals surface area (Å²) < 4.78 is 12.2. The molecule has 148 valence electrons. The maximum atomic E-state index is 12.2. The number of hydrogen-bond donors (Lipinski definition) is 1. The Bertz CT molecular complexity index is 743. The molecule has 2 rings (SSSR count). The van der Waals surface area contributed by atoms with E-state index in [1.165, 1.54) is 0 Å². The summed E-state index contributed by atoms with van der Waals surface area (Å²) in [5, 5.41) is 4.02. The number of hydrogen-bond acceptors (Lipinski definition) is 2. The van der Waals surface area contributed by atoms with Crippen molar-refractivity contribution >= 4 is 52.3 Å². The van der Waals surface area contributed by atoms with Crippen LogP contribution in [0.15, 0.2) is 59.6 Å². The van der Waals surface area contributed by atoms with E-state index in [-0.39, 0.29) is 24.0 Å². The Morgan fingerprint density at radius 2 is 1.85 bits per heavy atom. The average molecular weight is 520 g/mol. The minimum absolute atomic E-state index is 0. The van der Waals surface area contributed by atoms with Crippen LogP contribution in [0.3, 0.4) is 0 Å². The summed E-state index contributed by atoms with van der Waals surface area (Å²) in [7, 11) is 1.07. The highest BCUT2D eigenvalue weighted by Gasteiger charge is 2.07. The van der Waals surface area contributed by atoms with Crippen molar-refractivity contribution in [3.63, 3.8) is 0 Å². The van der Waals surface area contributed by atoms with Gasteiger partial charge >= 0.3 is 0 Å². The predicted octanol–water partition coefficient (Wildman–Crippen LogP) is 4.30. The van der Waals surface area contributed by atoms with Crippen molar-refractivity contribution in [2.75, 3.05) is 25.9 Å². The van der Waals surface area contributed by atoms with E-state index < -0.39 is 10.8 Å². The fourth-order valence-electron chi connectivity index (χ4n) is 2.54. The number of benzene rings is 2. The lowest BCUT2D eigenvalue weighted by atomic mass is 10.2. The maximum absolute atomic E-state index is 12.2. The standard InChI is InChI=1S/C20H26ClN3OS.HI/c1-3-22-20(24(2)15-18-10-7-11-19(21)14-18)23-12-13-26(25)16-17-8-5-4-6-9-17;/h4-11,14H,3,12-13,15-16H2,1-2H3,(H,22,23);1H. The zero-order valence-electron chi connectivity index (χ0n) is 15.7. The molecular weight excluding hydrogens is 493 g/mol. The molecule has 4 nitrogen and oxygen atoms in total. The molecule has 27 heavy (non-hydrogen) atoms. The van der Waals surface area contributed by atoms with Crippen molar-refractivity contribution in [3.05, 3.63) is 70.7 Å². The molecule has 0 heterocycles. The summed E-state index contributed by atoms with van der Waals surface area (Å²) in [6.45, 7) is 4.06. The van der Waals surface area contributed by atoms with Gasteiger partial charge in [0.25, 0.3) is 0 Å². The van der Waals surface area contributed by atoms with Crippen LogP contribution in [0.2, 0.25) is 5.02 Å². The molecule has 0 fully saturated rings. The third-order valence-corrected chi connectivity index (χ3v) is 5.28. The predicted molar refractivity (Wildman–Crippen MR) is 127 cm³/mol. The summed E-state index contributed by atoms with van der Waals surface area (Å²) in [6, 6.07) is 17.7. The first-order valence-electron chi connectivity index (χ1n) is 8.71. The van der Waals surface area contributed by atoms with Crippen LogP contribution >= 0.6 is 35.6 Å². The molecule has 2 aromatic carbocycles. The van der Waals surface area contributed by atoms with Gasteiger partial charge in [-0.15, -0.1) is 24.0 Å². The van der Waals surface area contributed by atoms with Gasteiger partial charge in [0, 0.05) is 47.5 Å². The molecule has 7 heteroatoms. The van der Waals surface area contributed by atoms with Crippen LogP contribution < -0.4 is 5.32 Å². The third kappa shape index (κ3) is 9.08. The molecule has 0 aliphatic carbocycles. The van der Waals surface area contributed by atoms with Gasteiger partial charge < -0.3 is 10.2 Å². The fraction of sp³-hybridized carbons (Fsp3) is 0.350. The number of halogens is 2. The maximum Gasteiger partial charge on any atom is 0.193 e. The Hall–Kier alpha value is -1.12. The van der Waals surface area contributed by atoms with Crippen LogP contribution in [0.4, 0.5) is 0 Å². The highest BCUT2D eigenvalue weighted by atomic mass is 127. The van der Waals surface area contributed by atoms with Gasteiger partial charge in [-0.3, -0.25) is 9.20 Å². The van der Waals surface area contributed by atoms with Crippen molar-refractivity contribution < 1.29 is 4.21 Å². The minimum atomic E-state index is -0.916. The zero-order chi connectivity index (χ0) is 18.8. The number of nitrogens with zero attached hydrogens (tertiary/aromatic N) is 2. The van der Waals surface area contributed by atoms with Crippen LogP contribution in [0.1, 0.15) is 18.1 Å². The molecule has 0 aliphatic rings. The van der Waals surface area contributed by atoms with Crippen LogP contribution in [-0.2, 0) is 23.1 Å². The van der Waals surface area contributed by atoms with Gasteiger partial charge in [-0.25, -0.2) is 0 Å². The lowest BCUT2D eigenvalue weighted by Crippen LogP contribution is -2.38. The van der Waals surface area contributed by atoms with Crippen molar-refractivity contribution in [3.8, 4) is 0 Å². The van der Waals surface area contributed by atoms with Crippen molar-refractivity contribution in [1.29, 1.82) is 0 Å². The first-order chi connectivity index (χ1) is 12.6. The molecule has 1 N–H and O–H groups in total. The zero-order valence-corrected chi connectivity index (χ0v) is 19.6. The van der Waals surface area contributed by atoms with Crippen LogP contribution in [-0.4, -0.2) is 41.0 Å². The smallest absolute Gasteiger partial charge is 0.193 e. The van der Waals surface area contributed by atoms with Crippen molar-refractivity contribution in [2.45, 2.75) is 19.2 Å². The van der Waals surface area contributed by atoms with E-state index in [2.05, 4.69) is 15.2 Å². The topological polar surface area (TPSA) is 44.7 Å². The van der Waals surface area contributed by atoms with Gasteiger partial charge in [0.05, 0.1) is 6.54 Å². The number of aliphatic imine (C=N–C) groups is 1. The van der Waals surface area contributed by atoms with Crippen molar-refractivity contribution in [2.24, 2.45) is 4.99 Å². The second-order valence-corrected chi connectivity index (χ2v) is 8.01. The van der Waals surface area contributed by atoms with E-state index >= 15 is 0 Å². The fourth-order valence-corrected chi connectivity index (χ4v) is 3.76. The first kappa shape index (κ1) is 23.9. The minimum Gasteiger partial charge on any atom is -0.357 e. The van der Waals surface area contributed by atoms with E-state index in [1.54, 1.807) is 0 Å². The van der Waals surface area contributed by atoms with Gasteiger partial charge in [0.15, 0.2) is 5.96 Å². The molecule has 0 bridgehead atoms. The molecule has 2 aromatic rings. The van der Waals surface area contributed by atoms with Gasteiger partial charge in [-0.2, -0.15) is 0 Å². The molecule has 0 aromatic heterocycles. The summed E-state index contributed by atoms with van der Waals surface area (Å²) in [5.41, 5.74) is 2.22. The lowest BCUT2D eigenvalue weighted by Gasteiger charge is -2.22. The van der Waals surface area contributed by atoms with Gasteiger partial charge in [0.2, 0.25) is 0 Å². The van der Waals surface area contributed by atoms with Gasteiger partial charge in [-0.05, 0) is 30.2 Å². The number of rotatable bonds is 8. The lowest BCUT2D eigenvalue weighted by molar-refractivity contribution is 0.477. The molecular formula is C20H27ClIN3OS. The van der Waals surface area contributed by atoms with Crippen molar-refractivity contribution in [1.82, 2.24) is 10.2 Å². The van der Waals surface area contributed by atoms with Gasteiger partial charge in [0.1, 0.15) is 0 Å². The summed E-state index contributed by atoms with van der Waals surface area (Å²) in [5.74, 6) is 1.93. The summed E-state index contributed by atoms with van der Waals surface area (Å²) in [4.78, 5) is 6.67. The molecule has 0 radical (unpaired) electrons. The number of nitrogens with one attached hydrogen (secondary N) is 1. The van der Waals surface area contributed by atoms with E-state index in [4.69, 9.17) is 11.6 Å². The average Bonchev–Trinajstić information content (AvgIpc) is 2.62. The Morgan fingerprint density at radius 3 is 2.52 bits per heavy atom. The Kier molecular flexibility index (Phi) is 11.6. The van der Waals surface area contributed by atoms with E-state index in [9.17, 15) is 4.21 Å². The monoisotopic (exact) mass is 519 g/mol. The van der Waals surface area contributed by atoms with E-state index in [0.29, 0.717) is 24.6 Å². The first-order valence-corrected chi connectivity index (χ1v) is 10.6. The normalized spacial score (nSPS) is 12.2. The highest BCUT2D eigenvalue weighted by molar-refractivity contribution is 14.0. The highest BCUT2D eigenvalue weighted by Crippen LogP contribution is 2.12. The molecule has 1 atom stereocenters. The Morgan fingerprint density at radius 1 is 1.15 bits per heavy atom. The Labute approximate surface area is 186 Å². The SMILES string of the molecule is CCNC(=NCCS(=O)Cc1ccccc1)N(C)Cc1cccc(Cl)c1.I. The molecule has 0 saturated carbocycles. The molecule has 0 aliphatic heterocycles.